The van der Waals surface area contributed by atoms with Crippen molar-refractivity contribution in [2.45, 2.75) is 39.4 Å². The molecule has 0 bridgehead atoms. The maximum absolute atomic E-state index is 12.9. The van der Waals surface area contributed by atoms with Gasteiger partial charge in [0.25, 0.3) is 11.5 Å². The van der Waals surface area contributed by atoms with Crippen LogP contribution in [-0.4, -0.2) is 62.6 Å². The van der Waals surface area contributed by atoms with Crippen molar-refractivity contribution in [3.8, 4) is 6.07 Å². The zero-order chi connectivity index (χ0) is 23.7. The largest absolute Gasteiger partial charge is 0.481 e. The zero-order valence-corrected chi connectivity index (χ0v) is 19.9. The Morgan fingerprint density at radius 1 is 1.34 bits per heavy atom. The first-order valence-corrected chi connectivity index (χ1v) is 11.3. The summed E-state index contributed by atoms with van der Waals surface area (Å²) in [5.74, 6) is -0.805. The Labute approximate surface area is 195 Å². The summed E-state index contributed by atoms with van der Waals surface area (Å²) in [5, 5.41) is 18.5. The molecule has 0 saturated carbocycles. The fourth-order valence-electron chi connectivity index (χ4n) is 3.98. The molecule has 2 unspecified atom stereocenters. The molecule has 0 aromatic carbocycles. The smallest absolute Gasteiger partial charge is 0.305 e. The average molecular weight is 477 g/mol. The van der Waals surface area contributed by atoms with Gasteiger partial charge in [0, 0.05) is 32.2 Å². The number of thiocarbonyl (C=S) groups is 1. The van der Waals surface area contributed by atoms with E-state index in [-0.39, 0.29) is 41.0 Å². The lowest BCUT2D eigenvalue weighted by Crippen LogP contribution is -2.47. The molecule has 2 saturated heterocycles. The van der Waals surface area contributed by atoms with E-state index in [2.05, 4.69) is 0 Å². The molecule has 0 spiro atoms. The number of rotatable bonds is 5. The molecule has 1 aromatic heterocycles. The van der Waals surface area contributed by atoms with Gasteiger partial charge in [0.1, 0.15) is 21.8 Å². The maximum atomic E-state index is 12.9. The minimum absolute atomic E-state index is 0.0122. The summed E-state index contributed by atoms with van der Waals surface area (Å²) in [6, 6.07) is 1.98. The standard InChI is InChI=1S/C21H24N4O5S2/c1-11-9-24(10-12(2)30-11)18-14(13(3)15(8-22)19(28)23(18)4)7-16-20(29)25(21(31)32-16)6-5-17(26)27/h7,11-12H,5-6,9-10H2,1-4H3,(H,26,27)/b16-7+. The van der Waals surface area contributed by atoms with Crippen molar-refractivity contribution in [1.82, 2.24) is 9.47 Å². The Balaban J connectivity index is 2.13. The van der Waals surface area contributed by atoms with Crippen LogP contribution in [0, 0.1) is 18.3 Å². The summed E-state index contributed by atoms with van der Waals surface area (Å²) in [5.41, 5.74) is 0.674. The second-order valence-corrected chi connectivity index (χ2v) is 9.53. The number of pyridine rings is 1. The van der Waals surface area contributed by atoms with Crippen LogP contribution in [-0.2, 0) is 21.4 Å². The highest BCUT2D eigenvalue weighted by Crippen LogP contribution is 2.36. The molecule has 32 heavy (non-hydrogen) atoms. The fourth-order valence-corrected chi connectivity index (χ4v) is 5.27. The number of hydrogen-bond donors (Lipinski definition) is 1. The maximum Gasteiger partial charge on any atom is 0.305 e. The quantitative estimate of drug-likeness (QED) is 0.502. The van der Waals surface area contributed by atoms with E-state index in [9.17, 15) is 19.6 Å². The molecule has 2 atom stereocenters. The van der Waals surface area contributed by atoms with Crippen LogP contribution >= 0.6 is 24.0 Å². The van der Waals surface area contributed by atoms with Crippen LogP contribution in [0.5, 0.6) is 0 Å². The normalized spacial score (nSPS) is 22.5. The highest BCUT2D eigenvalue weighted by molar-refractivity contribution is 8.26. The number of carboxylic acids is 1. The Bertz CT molecular complexity index is 1110. The molecule has 9 nitrogen and oxygen atoms in total. The number of carbonyl (C=O) groups is 2. The number of anilines is 1. The molecule has 1 amide bonds. The molecule has 3 rings (SSSR count). The number of carboxylic acid groups (broad SMARTS) is 1. The molecule has 1 N–H and O–H groups in total. The van der Waals surface area contributed by atoms with Gasteiger partial charge in [-0.15, -0.1) is 0 Å². The van der Waals surface area contributed by atoms with Crippen molar-refractivity contribution >= 4 is 52.1 Å². The summed E-state index contributed by atoms with van der Waals surface area (Å²) >= 11 is 6.36. The predicted octanol–water partition coefficient (Wildman–Crippen LogP) is 1.85. The van der Waals surface area contributed by atoms with Gasteiger partial charge < -0.3 is 14.7 Å². The first-order chi connectivity index (χ1) is 15.0. The topological polar surface area (TPSA) is 116 Å². The van der Waals surface area contributed by atoms with Crippen LogP contribution in [0.4, 0.5) is 5.82 Å². The SMILES string of the molecule is Cc1c(/C=C2/SC(=S)N(CCC(=O)O)C2=O)c(N2CC(C)OC(C)C2)n(C)c(=O)c1C#N. The number of carbonyl (C=O) groups excluding carboxylic acids is 1. The summed E-state index contributed by atoms with van der Waals surface area (Å²) in [4.78, 5) is 40.3. The zero-order valence-electron chi connectivity index (χ0n) is 18.2. The Kier molecular flexibility index (Phi) is 7.07. The highest BCUT2D eigenvalue weighted by atomic mass is 32.2. The second-order valence-electron chi connectivity index (χ2n) is 7.85. The number of morpholine rings is 1. The summed E-state index contributed by atoms with van der Waals surface area (Å²) in [6.45, 7) is 6.66. The van der Waals surface area contributed by atoms with Gasteiger partial charge in [0.2, 0.25) is 0 Å². The van der Waals surface area contributed by atoms with Crippen molar-refractivity contribution in [2.24, 2.45) is 7.05 Å². The van der Waals surface area contributed by atoms with Crippen molar-refractivity contribution in [3.63, 3.8) is 0 Å². The third-order valence-corrected chi connectivity index (χ3v) is 6.76. The number of nitriles is 1. The number of nitrogens with zero attached hydrogens (tertiary/aromatic N) is 4. The van der Waals surface area contributed by atoms with Crippen molar-refractivity contribution in [3.05, 3.63) is 31.9 Å². The van der Waals surface area contributed by atoms with E-state index in [4.69, 9.17) is 22.1 Å². The Morgan fingerprint density at radius 2 is 1.97 bits per heavy atom. The molecule has 11 heteroatoms. The summed E-state index contributed by atoms with van der Waals surface area (Å²) in [6.07, 6.45) is 1.31. The van der Waals surface area contributed by atoms with Crippen LogP contribution in [0.15, 0.2) is 9.70 Å². The van der Waals surface area contributed by atoms with Gasteiger partial charge in [-0.25, -0.2) is 0 Å². The Hall–Kier alpha value is -2.68. The lowest BCUT2D eigenvalue weighted by molar-refractivity contribution is -0.137. The lowest BCUT2D eigenvalue weighted by atomic mass is 10.0. The van der Waals surface area contributed by atoms with Gasteiger partial charge in [0.15, 0.2) is 0 Å². The van der Waals surface area contributed by atoms with E-state index in [1.54, 1.807) is 20.0 Å². The second kappa shape index (κ2) is 9.44. The van der Waals surface area contributed by atoms with E-state index in [1.165, 1.54) is 9.47 Å². The van der Waals surface area contributed by atoms with Gasteiger partial charge in [-0.05, 0) is 32.4 Å². The van der Waals surface area contributed by atoms with Crippen molar-refractivity contribution in [2.75, 3.05) is 24.5 Å². The number of aromatic nitrogens is 1. The molecular formula is C21H24N4O5S2. The highest BCUT2D eigenvalue weighted by Gasteiger charge is 2.34. The number of ether oxygens (including phenoxy) is 1. The van der Waals surface area contributed by atoms with E-state index in [1.807, 2.05) is 24.8 Å². The number of aliphatic carboxylic acids is 1. The fraction of sp³-hybridized carbons (Fsp3) is 0.476. The van der Waals surface area contributed by atoms with Crippen LogP contribution in [0.1, 0.15) is 37.0 Å². The van der Waals surface area contributed by atoms with Crippen molar-refractivity contribution in [1.29, 1.82) is 5.26 Å². The molecular weight excluding hydrogens is 452 g/mol. The van der Waals surface area contributed by atoms with Crippen molar-refractivity contribution < 1.29 is 19.4 Å². The number of hydrogen-bond acceptors (Lipinski definition) is 8. The first kappa shape index (κ1) is 24.0. The van der Waals surface area contributed by atoms with E-state index < -0.39 is 11.5 Å². The monoisotopic (exact) mass is 476 g/mol. The third kappa shape index (κ3) is 4.57. The van der Waals surface area contributed by atoms with E-state index >= 15 is 0 Å². The first-order valence-electron chi connectivity index (χ1n) is 10.1. The van der Waals surface area contributed by atoms with E-state index in [0.717, 1.165) is 11.8 Å². The van der Waals surface area contributed by atoms with Crippen LogP contribution in [0.2, 0.25) is 0 Å². The molecule has 3 heterocycles. The third-order valence-electron chi connectivity index (χ3n) is 5.39. The summed E-state index contributed by atoms with van der Waals surface area (Å²) < 4.78 is 7.54. The number of thioether (sulfide) groups is 1. The molecule has 2 aliphatic heterocycles. The predicted molar refractivity (Wildman–Crippen MR) is 125 cm³/mol. The van der Waals surface area contributed by atoms with Crippen LogP contribution in [0.25, 0.3) is 6.08 Å². The minimum atomic E-state index is -1.02. The molecule has 0 radical (unpaired) electrons. The van der Waals surface area contributed by atoms with Gasteiger partial charge in [0.05, 0.1) is 23.5 Å². The van der Waals surface area contributed by atoms with Crippen LogP contribution < -0.4 is 10.5 Å². The summed E-state index contributed by atoms with van der Waals surface area (Å²) in [7, 11) is 1.61. The number of amides is 1. The van der Waals surface area contributed by atoms with Gasteiger partial charge >= 0.3 is 5.97 Å². The van der Waals surface area contributed by atoms with Crippen LogP contribution in [0.3, 0.4) is 0 Å². The molecule has 170 valence electrons. The van der Waals surface area contributed by atoms with Gasteiger partial charge in [-0.1, -0.05) is 24.0 Å². The lowest BCUT2D eigenvalue weighted by Gasteiger charge is -2.38. The molecule has 2 fully saturated rings. The van der Waals surface area contributed by atoms with E-state index in [0.29, 0.717) is 34.9 Å². The molecule has 1 aromatic rings. The van der Waals surface area contributed by atoms with Gasteiger partial charge in [-0.2, -0.15) is 5.26 Å². The Morgan fingerprint density at radius 3 is 2.53 bits per heavy atom. The molecule has 2 aliphatic rings. The van der Waals surface area contributed by atoms with Gasteiger partial charge in [-0.3, -0.25) is 23.9 Å². The average Bonchev–Trinajstić information content (AvgIpc) is 2.97. The molecule has 0 aliphatic carbocycles. The minimum Gasteiger partial charge on any atom is -0.481 e.